The number of aromatic nitrogens is 6. The van der Waals surface area contributed by atoms with Gasteiger partial charge in [0.05, 0.1) is 29.2 Å². The number of sulfonamides is 1. The normalized spacial score (nSPS) is 11.8. The molecule has 3 aromatic heterocycles. The van der Waals surface area contributed by atoms with Crippen LogP contribution in [0.2, 0.25) is 0 Å². The Morgan fingerprint density at radius 3 is 2.67 bits per heavy atom. The molecule has 0 aliphatic heterocycles. The van der Waals surface area contributed by atoms with Crippen molar-refractivity contribution in [2.75, 3.05) is 5.32 Å². The number of aryl methyl sites for hydroxylation is 1. The molecule has 4 aromatic rings. The van der Waals surface area contributed by atoms with Gasteiger partial charge in [0, 0.05) is 25.5 Å². The third kappa shape index (κ3) is 3.22. The molecule has 4 rings (SSSR count). The van der Waals surface area contributed by atoms with Crippen LogP contribution >= 0.6 is 0 Å². The van der Waals surface area contributed by atoms with Crippen LogP contribution in [0.5, 0.6) is 0 Å². The summed E-state index contributed by atoms with van der Waals surface area (Å²) in [7, 11) is -2.37. The van der Waals surface area contributed by atoms with E-state index in [0.717, 1.165) is 12.1 Å². The van der Waals surface area contributed by atoms with Crippen LogP contribution < -0.4 is 10.5 Å². The van der Waals surface area contributed by atoms with Crippen molar-refractivity contribution in [2.45, 2.75) is 4.90 Å². The molecular weight excluding hydrogens is 375 g/mol. The Morgan fingerprint density at radius 2 is 2.00 bits per heavy atom. The first-order valence-electron chi connectivity index (χ1n) is 7.60. The number of benzene rings is 1. The van der Waals surface area contributed by atoms with Gasteiger partial charge in [0.25, 0.3) is 0 Å². The summed E-state index contributed by atoms with van der Waals surface area (Å²) in [5.74, 6) is -0.666. The Bertz CT molecular complexity index is 1260. The Morgan fingerprint density at radius 1 is 1.19 bits per heavy atom. The van der Waals surface area contributed by atoms with Gasteiger partial charge >= 0.3 is 0 Å². The second-order valence-corrected chi connectivity index (χ2v) is 7.25. The fourth-order valence-electron chi connectivity index (χ4n) is 2.53. The number of nitrogens with two attached hydrogens (primary N) is 1. The van der Waals surface area contributed by atoms with Gasteiger partial charge in [-0.25, -0.2) is 27.6 Å². The molecule has 0 unspecified atom stereocenters. The van der Waals surface area contributed by atoms with E-state index in [2.05, 4.69) is 25.5 Å². The van der Waals surface area contributed by atoms with Crippen LogP contribution in [-0.2, 0) is 17.1 Å². The number of hydrogen-bond acceptors (Lipinski definition) is 7. The molecule has 0 aliphatic rings. The monoisotopic (exact) mass is 388 g/mol. The van der Waals surface area contributed by atoms with Crippen LogP contribution in [0, 0.1) is 5.82 Å². The summed E-state index contributed by atoms with van der Waals surface area (Å²) >= 11 is 0. The Hall–Kier alpha value is -3.38. The van der Waals surface area contributed by atoms with Crippen molar-refractivity contribution in [2.24, 2.45) is 12.2 Å². The van der Waals surface area contributed by atoms with Gasteiger partial charge in [-0.05, 0) is 12.1 Å². The number of anilines is 2. The zero-order valence-corrected chi connectivity index (χ0v) is 14.7. The number of primary sulfonamides is 1. The standard InChI is InChI=1S/C15H13FN8O2S/c1-23-8-10(7-19-23)21-15-18-5-9-6-20-24(14(9)22-15)11-2-3-13(12(16)4-11)27(17,25)26/h2-8H,1H3,(H2,17,25,26)(H,18,21,22). The summed E-state index contributed by atoms with van der Waals surface area (Å²) < 4.78 is 39.9. The van der Waals surface area contributed by atoms with Gasteiger partial charge in [-0.15, -0.1) is 0 Å². The highest BCUT2D eigenvalue weighted by Crippen LogP contribution is 2.22. The van der Waals surface area contributed by atoms with E-state index in [1.165, 1.54) is 16.9 Å². The maximum absolute atomic E-state index is 14.2. The van der Waals surface area contributed by atoms with Gasteiger partial charge in [0.15, 0.2) is 5.65 Å². The number of fused-ring (bicyclic) bond motifs is 1. The van der Waals surface area contributed by atoms with Gasteiger partial charge < -0.3 is 5.32 Å². The molecule has 0 spiro atoms. The smallest absolute Gasteiger partial charge is 0.240 e. The highest BCUT2D eigenvalue weighted by molar-refractivity contribution is 7.89. The lowest BCUT2D eigenvalue weighted by Gasteiger charge is -2.07. The molecule has 0 bridgehead atoms. The maximum atomic E-state index is 14.2. The molecule has 10 nitrogen and oxygen atoms in total. The predicted octanol–water partition coefficient (Wildman–Crippen LogP) is 1.08. The van der Waals surface area contributed by atoms with Crippen LogP contribution in [-0.4, -0.2) is 37.9 Å². The van der Waals surface area contributed by atoms with E-state index >= 15 is 0 Å². The van der Waals surface area contributed by atoms with Crippen LogP contribution in [0.15, 0.2) is 47.9 Å². The molecule has 0 fully saturated rings. The molecule has 1 aromatic carbocycles. The van der Waals surface area contributed by atoms with Crippen molar-refractivity contribution in [3.63, 3.8) is 0 Å². The molecule has 0 radical (unpaired) electrons. The third-order valence-electron chi connectivity index (χ3n) is 3.74. The highest BCUT2D eigenvalue weighted by atomic mass is 32.2. The van der Waals surface area contributed by atoms with E-state index in [0.29, 0.717) is 28.4 Å². The second-order valence-electron chi connectivity index (χ2n) is 5.72. The molecule has 0 amide bonds. The average Bonchev–Trinajstić information content (AvgIpc) is 3.19. The summed E-state index contributed by atoms with van der Waals surface area (Å²) in [6, 6.07) is 3.51. The summed E-state index contributed by atoms with van der Waals surface area (Å²) in [4.78, 5) is 8.01. The van der Waals surface area contributed by atoms with Gasteiger partial charge in [-0.2, -0.15) is 15.2 Å². The molecule has 3 heterocycles. The average molecular weight is 388 g/mol. The van der Waals surface area contributed by atoms with E-state index in [4.69, 9.17) is 5.14 Å². The van der Waals surface area contributed by atoms with Gasteiger partial charge in [0.2, 0.25) is 16.0 Å². The minimum atomic E-state index is -4.15. The first kappa shape index (κ1) is 17.1. The quantitative estimate of drug-likeness (QED) is 0.534. The predicted molar refractivity (Wildman–Crippen MR) is 94.5 cm³/mol. The lowest BCUT2D eigenvalue weighted by Crippen LogP contribution is -2.14. The van der Waals surface area contributed by atoms with Crippen LogP contribution in [0.1, 0.15) is 0 Å². The topological polar surface area (TPSA) is 134 Å². The SMILES string of the molecule is Cn1cc(Nc2ncc3cnn(-c4ccc(S(N)(=O)=O)c(F)c4)c3n2)cn1. The van der Waals surface area contributed by atoms with E-state index in [9.17, 15) is 12.8 Å². The van der Waals surface area contributed by atoms with Gasteiger partial charge in [-0.3, -0.25) is 4.68 Å². The largest absolute Gasteiger partial charge is 0.321 e. The molecule has 0 saturated heterocycles. The Kier molecular flexibility index (Phi) is 3.86. The summed E-state index contributed by atoms with van der Waals surface area (Å²) in [5.41, 5.74) is 1.41. The van der Waals surface area contributed by atoms with Crippen molar-refractivity contribution in [1.29, 1.82) is 0 Å². The number of nitrogens with zero attached hydrogens (tertiary/aromatic N) is 6. The third-order valence-corrected chi connectivity index (χ3v) is 4.68. The molecule has 0 saturated carbocycles. The van der Waals surface area contributed by atoms with Crippen molar-refractivity contribution >= 4 is 32.7 Å². The van der Waals surface area contributed by atoms with E-state index in [1.54, 1.807) is 30.3 Å². The van der Waals surface area contributed by atoms with E-state index in [-0.39, 0.29) is 0 Å². The van der Waals surface area contributed by atoms with Crippen LogP contribution in [0.3, 0.4) is 0 Å². The van der Waals surface area contributed by atoms with Crippen molar-refractivity contribution in [3.05, 3.63) is 48.8 Å². The van der Waals surface area contributed by atoms with E-state index in [1.807, 2.05) is 0 Å². The highest BCUT2D eigenvalue weighted by Gasteiger charge is 2.16. The first-order chi connectivity index (χ1) is 12.8. The summed E-state index contributed by atoms with van der Waals surface area (Å²) in [6.07, 6.45) is 6.46. The Labute approximate surface area is 152 Å². The Balaban J connectivity index is 1.76. The molecule has 27 heavy (non-hydrogen) atoms. The summed E-state index contributed by atoms with van der Waals surface area (Å²) in [6.45, 7) is 0. The fraction of sp³-hybridized carbons (Fsp3) is 0.0667. The molecule has 138 valence electrons. The second kappa shape index (κ2) is 6.10. The van der Waals surface area contributed by atoms with Crippen molar-refractivity contribution < 1.29 is 12.8 Å². The zero-order valence-electron chi connectivity index (χ0n) is 13.9. The number of nitrogens with one attached hydrogen (secondary N) is 1. The molecule has 0 aliphatic carbocycles. The number of halogens is 1. The van der Waals surface area contributed by atoms with Crippen molar-refractivity contribution in [3.8, 4) is 5.69 Å². The molecule has 12 heteroatoms. The molecule has 3 N–H and O–H groups in total. The lowest BCUT2D eigenvalue weighted by atomic mass is 10.3. The number of hydrogen-bond donors (Lipinski definition) is 2. The van der Waals surface area contributed by atoms with Gasteiger partial charge in [-0.1, -0.05) is 0 Å². The zero-order chi connectivity index (χ0) is 19.2. The molecule has 0 atom stereocenters. The van der Waals surface area contributed by atoms with E-state index < -0.39 is 20.7 Å². The minimum absolute atomic E-state index is 0.293. The van der Waals surface area contributed by atoms with Crippen molar-refractivity contribution in [1.82, 2.24) is 29.5 Å². The first-order valence-corrected chi connectivity index (χ1v) is 9.15. The fourth-order valence-corrected chi connectivity index (χ4v) is 3.12. The molecular formula is C15H13FN8O2S. The summed E-state index contributed by atoms with van der Waals surface area (Å²) in [5, 5.41) is 16.8. The maximum Gasteiger partial charge on any atom is 0.240 e. The minimum Gasteiger partial charge on any atom is -0.321 e. The van der Waals surface area contributed by atoms with Crippen LogP contribution in [0.25, 0.3) is 16.7 Å². The number of rotatable bonds is 4. The lowest BCUT2D eigenvalue weighted by molar-refractivity contribution is 0.567. The van der Waals surface area contributed by atoms with Crippen LogP contribution in [0.4, 0.5) is 16.0 Å². The van der Waals surface area contributed by atoms with Gasteiger partial charge in [0.1, 0.15) is 10.7 Å².